The van der Waals surface area contributed by atoms with Gasteiger partial charge in [-0.3, -0.25) is 10.6 Å². The number of nitrogens with one attached hydrogen (secondary N) is 1. The fourth-order valence-corrected chi connectivity index (χ4v) is 4.82. The van der Waals surface area contributed by atoms with Crippen molar-refractivity contribution < 1.29 is 4.79 Å². The van der Waals surface area contributed by atoms with Crippen LogP contribution in [0.2, 0.25) is 0 Å². The van der Waals surface area contributed by atoms with Crippen molar-refractivity contribution in [3.05, 3.63) is 21.7 Å². The molecule has 2 aromatic heterocycles. The predicted molar refractivity (Wildman–Crippen MR) is 103 cm³/mol. The number of hydrogen-bond donors (Lipinski definition) is 2. The molecule has 0 fully saturated rings. The standard InChI is InChI=1S/C17H25N3OS2/c1-7-10-9(3)12-13(20-18)14(16(21)23-17(4,5)6)22-15(12)19-11(10)8-2/h20H,7-8,18H2,1-6H3. The Bertz CT molecular complexity index is 745. The molecule has 0 amide bonds. The molecule has 0 aliphatic carbocycles. The lowest BCUT2D eigenvalue weighted by Gasteiger charge is -2.16. The van der Waals surface area contributed by atoms with Crippen LogP contribution >= 0.6 is 23.1 Å². The minimum Gasteiger partial charge on any atom is -0.322 e. The molecule has 2 rings (SSSR count). The van der Waals surface area contributed by atoms with Gasteiger partial charge in [-0.05, 0) is 30.9 Å². The maximum Gasteiger partial charge on any atom is 0.232 e. The summed E-state index contributed by atoms with van der Waals surface area (Å²) in [5, 5.41) is 1.04. The second-order valence-electron chi connectivity index (χ2n) is 6.50. The summed E-state index contributed by atoms with van der Waals surface area (Å²) < 4.78 is -0.134. The van der Waals surface area contributed by atoms with E-state index >= 15 is 0 Å². The average molecular weight is 352 g/mol. The molecule has 2 heterocycles. The monoisotopic (exact) mass is 351 g/mol. The third kappa shape index (κ3) is 3.54. The molecule has 23 heavy (non-hydrogen) atoms. The highest BCUT2D eigenvalue weighted by Crippen LogP contribution is 2.41. The first kappa shape index (κ1) is 18.2. The Kier molecular flexibility index (Phi) is 5.38. The molecular formula is C17H25N3OS2. The molecule has 0 spiro atoms. The average Bonchev–Trinajstić information content (AvgIpc) is 2.84. The topological polar surface area (TPSA) is 68.0 Å². The zero-order valence-electron chi connectivity index (χ0n) is 14.7. The number of nitrogens with two attached hydrogens (primary N) is 1. The van der Waals surface area contributed by atoms with Crippen molar-refractivity contribution in [3.8, 4) is 0 Å². The summed E-state index contributed by atoms with van der Waals surface area (Å²) in [5.41, 5.74) is 7.02. The number of thiophene rings is 1. The summed E-state index contributed by atoms with van der Waals surface area (Å²) in [7, 11) is 0. The Hall–Kier alpha value is -1.11. The third-order valence-electron chi connectivity index (χ3n) is 3.72. The molecule has 0 atom stereocenters. The second-order valence-corrected chi connectivity index (χ2v) is 9.30. The number of carbonyl (C=O) groups excluding carboxylic acids is 1. The summed E-state index contributed by atoms with van der Waals surface area (Å²) in [6.45, 7) is 12.5. The Morgan fingerprint density at radius 2 is 1.96 bits per heavy atom. The minimum absolute atomic E-state index is 0.0453. The first-order valence-corrected chi connectivity index (χ1v) is 9.51. The molecule has 0 aliphatic heterocycles. The number of fused-ring (bicyclic) bond motifs is 1. The zero-order chi connectivity index (χ0) is 17.4. The lowest BCUT2D eigenvalue weighted by molar-refractivity contribution is 0.109. The van der Waals surface area contributed by atoms with Gasteiger partial charge < -0.3 is 5.43 Å². The zero-order valence-corrected chi connectivity index (χ0v) is 16.3. The van der Waals surface area contributed by atoms with E-state index in [0.717, 1.165) is 28.8 Å². The van der Waals surface area contributed by atoms with Crippen molar-refractivity contribution in [3.63, 3.8) is 0 Å². The number of rotatable bonds is 4. The number of pyridine rings is 1. The summed E-state index contributed by atoms with van der Waals surface area (Å²) in [6.07, 6.45) is 1.82. The number of nitrogens with zero attached hydrogens (tertiary/aromatic N) is 1. The van der Waals surface area contributed by atoms with Gasteiger partial charge in [0.1, 0.15) is 9.71 Å². The molecule has 0 aliphatic rings. The van der Waals surface area contributed by atoms with Gasteiger partial charge in [0.2, 0.25) is 5.12 Å². The molecule has 3 N–H and O–H groups in total. The lowest BCUT2D eigenvalue weighted by atomic mass is 10.00. The molecule has 126 valence electrons. The quantitative estimate of drug-likeness (QED) is 0.618. The van der Waals surface area contributed by atoms with Gasteiger partial charge in [0.15, 0.2) is 0 Å². The van der Waals surface area contributed by atoms with Crippen LogP contribution in [0, 0.1) is 6.92 Å². The Labute approximate surface area is 146 Å². The molecule has 0 saturated heterocycles. The molecule has 0 aromatic carbocycles. The van der Waals surface area contributed by atoms with E-state index in [4.69, 9.17) is 10.8 Å². The van der Waals surface area contributed by atoms with Crippen LogP contribution in [0.3, 0.4) is 0 Å². The van der Waals surface area contributed by atoms with Crippen molar-refractivity contribution in [2.45, 2.75) is 59.1 Å². The number of aromatic nitrogens is 1. The minimum atomic E-state index is -0.134. The van der Waals surface area contributed by atoms with E-state index in [-0.39, 0.29) is 9.86 Å². The molecule has 0 saturated carbocycles. The highest BCUT2D eigenvalue weighted by Gasteiger charge is 2.26. The van der Waals surface area contributed by atoms with Gasteiger partial charge in [-0.2, -0.15) is 0 Å². The Balaban J connectivity index is 2.69. The number of carbonyl (C=O) groups is 1. The molecular weight excluding hydrogens is 326 g/mol. The third-order valence-corrected chi connectivity index (χ3v) is 5.93. The van der Waals surface area contributed by atoms with E-state index in [9.17, 15) is 4.79 Å². The van der Waals surface area contributed by atoms with Crippen molar-refractivity contribution in [2.24, 2.45) is 5.84 Å². The van der Waals surface area contributed by atoms with Crippen LogP contribution < -0.4 is 11.3 Å². The largest absolute Gasteiger partial charge is 0.322 e. The first-order valence-electron chi connectivity index (χ1n) is 7.88. The second kappa shape index (κ2) is 6.79. The molecule has 2 aromatic rings. The van der Waals surface area contributed by atoms with E-state index in [1.807, 2.05) is 20.8 Å². The van der Waals surface area contributed by atoms with E-state index in [0.29, 0.717) is 10.6 Å². The number of hydrazine groups is 1. The highest BCUT2D eigenvalue weighted by molar-refractivity contribution is 8.15. The van der Waals surface area contributed by atoms with E-state index in [1.165, 1.54) is 34.2 Å². The van der Waals surface area contributed by atoms with E-state index in [1.54, 1.807) is 0 Å². The molecule has 0 unspecified atom stereocenters. The molecule has 6 heteroatoms. The van der Waals surface area contributed by atoms with Gasteiger partial charge in [-0.25, -0.2) is 4.98 Å². The SMILES string of the molecule is CCc1nc2sc(C(=O)SC(C)(C)C)c(NN)c2c(C)c1CC. The number of anilines is 1. The van der Waals surface area contributed by atoms with Crippen LogP contribution in [0.5, 0.6) is 0 Å². The predicted octanol–water partition coefficient (Wildman–Crippen LogP) is 4.69. The van der Waals surface area contributed by atoms with Crippen molar-refractivity contribution in [1.29, 1.82) is 0 Å². The van der Waals surface area contributed by atoms with Crippen LogP contribution in [0.25, 0.3) is 10.2 Å². The number of aryl methyl sites for hydroxylation is 2. The first-order chi connectivity index (χ1) is 10.7. The van der Waals surface area contributed by atoms with Crippen molar-refractivity contribution in [1.82, 2.24) is 4.98 Å². The summed E-state index contributed by atoms with van der Waals surface area (Å²) in [6, 6.07) is 0. The van der Waals surface area contributed by atoms with Gasteiger partial charge in [0.25, 0.3) is 0 Å². The van der Waals surface area contributed by atoms with Crippen LogP contribution in [0.4, 0.5) is 5.69 Å². The maximum absolute atomic E-state index is 12.7. The van der Waals surface area contributed by atoms with Crippen LogP contribution in [0.15, 0.2) is 0 Å². The maximum atomic E-state index is 12.7. The fourth-order valence-electron chi connectivity index (χ4n) is 2.77. The van der Waals surface area contributed by atoms with Gasteiger partial charge in [0, 0.05) is 15.8 Å². The highest BCUT2D eigenvalue weighted by atomic mass is 32.2. The van der Waals surface area contributed by atoms with Crippen molar-refractivity contribution >= 4 is 44.1 Å². The lowest BCUT2D eigenvalue weighted by Crippen LogP contribution is -2.14. The number of hydrogen-bond acceptors (Lipinski definition) is 6. The van der Waals surface area contributed by atoms with Crippen LogP contribution in [-0.4, -0.2) is 14.8 Å². The smallest absolute Gasteiger partial charge is 0.232 e. The van der Waals surface area contributed by atoms with Crippen molar-refractivity contribution in [2.75, 3.05) is 5.43 Å². The van der Waals surface area contributed by atoms with Crippen LogP contribution in [-0.2, 0) is 12.8 Å². The number of nitrogen functional groups attached to an aromatic ring is 1. The summed E-state index contributed by atoms with van der Waals surface area (Å²) in [5.74, 6) is 5.76. The van der Waals surface area contributed by atoms with Gasteiger partial charge in [0.05, 0.1) is 5.69 Å². The molecule has 0 radical (unpaired) electrons. The van der Waals surface area contributed by atoms with E-state index < -0.39 is 0 Å². The molecule has 4 nitrogen and oxygen atoms in total. The normalized spacial score (nSPS) is 12.0. The number of thioether (sulfide) groups is 1. The van der Waals surface area contributed by atoms with Gasteiger partial charge >= 0.3 is 0 Å². The summed E-state index contributed by atoms with van der Waals surface area (Å²) in [4.78, 5) is 19.0. The van der Waals surface area contributed by atoms with E-state index in [2.05, 4.69) is 26.2 Å². The van der Waals surface area contributed by atoms with Crippen LogP contribution in [0.1, 0.15) is 61.1 Å². The molecule has 0 bridgehead atoms. The summed E-state index contributed by atoms with van der Waals surface area (Å²) >= 11 is 2.76. The van der Waals surface area contributed by atoms with Gasteiger partial charge in [-0.1, -0.05) is 46.4 Å². The van der Waals surface area contributed by atoms with Gasteiger partial charge in [-0.15, -0.1) is 11.3 Å². The fraction of sp³-hybridized carbons (Fsp3) is 0.529. The Morgan fingerprint density at radius 1 is 1.30 bits per heavy atom. The Morgan fingerprint density at radius 3 is 2.43 bits per heavy atom.